The van der Waals surface area contributed by atoms with Crippen molar-refractivity contribution in [1.82, 2.24) is 0 Å². The molecule has 2 N–H and O–H groups in total. The lowest BCUT2D eigenvalue weighted by atomic mass is 9.60. The summed E-state index contributed by atoms with van der Waals surface area (Å²) in [5.41, 5.74) is -2.43. The topological polar surface area (TPSA) is 66.8 Å². The molecule has 4 nitrogen and oxygen atoms in total. The molecule has 2 bridgehead atoms. The maximum atomic E-state index is 11.4. The Labute approximate surface area is 112 Å². The van der Waals surface area contributed by atoms with Crippen molar-refractivity contribution in [3.05, 3.63) is 0 Å². The Morgan fingerprint density at radius 2 is 1.94 bits per heavy atom. The maximum Gasteiger partial charge on any atom is 0.321 e. The number of hydrogen-bond acceptors (Lipinski definition) is 4. The predicted octanol–water partition coefficient (Wildman–Crippen LogP) is 1.60. The summed E-state index contributed by atoms with van der Waals surface area (Å²) in [7, 11) is 0. The number of aliphatic hydroxyl groups is 2. The van der Waals surface area contributed by atoms with Gasteiger partial charge in [-0.3, -0.25) is 4.79 Å². The summed E-state index contributed by atoms with van der Waals surface area (Å²) in [6, 6.07) is 0. The standard InChI is InChI=1S/C13H21ClO4/c1-11(16)3-9-4-12(2,18-10(15)6-14)8-13(17,5-9)7-11/h9,16-17H,3-8H2,1-2H3. The monoisotopic (exact) mass is 276 g/mol. The van der Waals surface area contributed by atoms with Crippen LogP contribution < -0.4 is 0 Å². The molecule has 0 aromatic rings. The summed E-state index contributed by atoms with van der Waals surface area (Å²) in [5, 5.41) is 20.7. The molecule has 2 aliphatic carbocycles. The highest BCUT2D eigenvalue weighted by Crippen LogP contribution is 2.51. The minimum Gasteiger partial charge on any atom is -0.458 e. The molecule has 2 rings (SSSR count). The molecule has 2 saturated carbocycles. The second kappa shape index (κ2) is 4.36. The van der Waals surface area contributed by atoms with Crippen LogP contribution in [-0.4, -0.2) is 38.9 Å². The van der Waals surface area contributed by atoms with Gasteiger partial charge in [0.15, 0.2) is 0 Å². The highest BCUT2D eigenvalue weighted by molar-refractivity contribution is 6.26. The van der Waals surface area contributed by atoms with Gasteiger partial charge in [-0.25, -0.2) is 0 Å². The van der Waals surface area contributed by atoms with Crippen molar-refractivity contribution in [3.63, 3.8) is 0 Å². The molecule has 0 spiro atoms. The normalized spacial score (nSPS) is 47.7. The lowest BCUT2D eigenvalue weighted by molar-refractivity contribution is -0.197. The van der Waals surface area contributed by atoms with Crippen LogP contribution in [-0.2, 0) is 9.53 Å². The van der Waals surface area contributed by atoms with Gasteiger partial charge in [0.2, 0.25) is 0 Å². The highest BCUT2D eigenvalue weighted by atomic mass is 35.5. The van der Waals surface area contributed by atoms with Gasteiger partial charge in [0.25, 0.3) is 0 Å². The molecule has 4 atom stereocenters. The number of ether oxygens (including phenoxy) is 1. The molecule has 5 heteroatoms. The Morgan fingerprint density at radius 3 is 2.50 bits per heavy atom. The SMILES string of the molecule is CC1(O)CC2CC(O)(C1)CC(C)(OC(=O)CCl)C2. The fraction of sp³-hybridized carbons (Fsp3) is 0.923. The molecule has 0 radical (unpaired) electrons. The Morgan fingerprint density at radius 1 is 1.28 bits per heavy atom. The van der Waals surface area contributed by atoms with E-state index in [0.717, 1.165) is 0 Å². The van der Waals surface area contributed by atoms with E-state index >= 15 is 0 Å². The fourth-order valence-corrected chi connectivity index (χ4v) is 4.18. The molecule has 0 aromatic heterocycles. The van der Waals surface area contributed by atoms with E-state index in [1.807, 2.05) is 6.92 Å². The van der Waals surface area contributed by atoms with Crippen molar-refractivity contribution in [2.75, 3.05) is 5.88 Å². The van der Waals surface area contributed by atoms with E-state index in [0.29, 0.717) is 32.1 Å². The summed E-state index contributed by atoms with van der Waals surface area (Å²) in [6.07, 6.45) is 2.70. The molecule has 0 saturated heterocycles. The van der Waals surface area contributed by atoms with Gasteiger partial charge in [-0.15, -0.1) is 11.6 Å². The van der Waals surface area contributed by atoms with E-state index in [-0.39, 0.29) is 11.8 Å². The third-order valence-corrected chi connectivity index (χ3v) is 4.22. The summed E-state index contributed by atoms with van der Waals surface area (Å²) < 4.78 is 5.39. The second-order valence-electron chi connectivity index (χ2n) is 6.61. The summed E-state index contributed by atoms with van der Waals surface area (Å²) in [5.74, 6) is -0.439. The average Bonchev–Trinajstić information content (AvgIpc) is 2.10. The van der Waals surface area contributed by atoms with Crippen LogP contribution in [0.3, 0.4) is 0 Å². The van der Waals surface area contributed by atoms with Crippen molar-refractivity contribution in [3.8, 4) is 0 Å². The van der Waals surface area contributed by atoms with Crippen molar-refractivity contribution in [2.24, 2.45) is 5.92 Å². The average molecular weight is 277 g/mol. The number of rotatable bonds is 2. The zero-order valence-corrected chi connectivity index (χ0v) is 11.7. The summed E-state index contributed by atoms with van der Waals surface area (Å²) >= 11 is 5.46. The second-order valence-corrected chi connectivity index (χ2v) is 6.88. The molecule has 0 aromatic carbocycles. The number of carbonyl (C=O) groups excluding carboxylic acids is 1. The lowest BCUT2D eigenvalue weighted by Gasteiger charge is -2.53. The molecule has 0 aliphatic heterocycles. The van der Waals surface area contributed by atoms with Crippen LogP contribution in [0.5, 0.6) is 0 Å². The first-order valence-corrected chi connectivity index (χ1v) is 6.91. The van der Waals surface area contributed by atoms with Crippen LogP contribution in [0.1, 0.15) is 46.0 Å². The molecule has 18 heavy (non-hydrogen) atoms. The first-order valence-electron chi connectivity index (χ1n) is 6.38. The highest BCUT2D eigenvalue weighted by Gasteiger charge is 2.54. The van der Waals surface area contributed by atoms with Gasteiger partial charge in [-0.05, 0) is 39.0 Å². The maximum absolute atomic E-state index is 11.4. The Bertz CT molecular complexity index is 355. The number of fused-ring (bicyclic) bond motifs is 2. The minimum absolute atomic E-state index is 0.170. The molecular formula is C13H21ClO4. The fourth-order valence-electron chi connectivity index (χ4n) is 4.12. The summed E-state index contributed by atoms with van der Waals surface area (Å²) in [6.45, 7) is 3.60. The lowest BCUT2D eigenvalue weighted by Crippen LogP contribution is -2.57. The van der Waals surface area contributed by atoms with Gasteiger partial charge in [0.1, 0.15) is 11.5 Å². The summed E-state index contributed by atoms with van der Waals surface area (Å²) in [4.78, 5) is 11.4. The third kappa shape index (κ3) is 2.98. The van der Waals surface area contributed by atoms with Crippen LogP contribution in [0, 0.1) is 5.92 Å². The van der Waals surface area contributed by atoms with Gasteiger partial charge >= 0.3 is 5.97 Å². The zero-order valence-electron chi connectivity index (χ0n) is 10.9. The molecular weight excluding hydrogens is 256 g/mol. The minimum atomic E-state index is -0.938. The first kappa shape index (κ1) is 14.1. The van der Waals surface area contributed by atoms with Crippen LogP contribution in [0.2, 0.25) is 0 Å². The number of hydrogen-bond donors (Lipinski definition) is 2. The largest absolute Gasteiger partial charge is 0.458 e. The van der Waals surface area contributed by atoms with Gasteiger partial charge < -0.3 is 14.9 Å². The quantitative estimate of drug-likeness (QED) is 0.594. The Kier molecular flexibility index (Phi) is 3.41. The van der Waals surface area contributed by atoms with Crippen LogP contribution >= 0.6 is 11.6 Å². The van der Waals surface area contributed by atoms with E-state index in [1.165, 1.54) is 0 Å². The first-order chi connectivity index (χ1) is 8.15. The molecule has 0 amide bonds. The van der Waals surface area contributed by atoms with Gasteiger partial charge in [0, 0.05) is 12.8 Å². The van der Waals surface area contributed by atoms with E-state index in [9.17, 15) is 15.0 Å². The number of esters is 1. The van der Waals surface area contributed by atoms with Crippen LogP contribution in [0.4, 0.5) is 0 Å². The van der Waals surface area contributed by atoms with Crippen molar-refractivity contribution in [1.29, 1.82) is 0 Å². The van der Waals surface area contributed by atoms with Gasteiger partial charge in [0.05, 0.1) is 11.2 Å². The van der Waals surface area contributed by atoms with Crippen molar-refractivity contribution < 1.29 is 19.7 Å². The van der Waals surface area contributed by atoms with Crippen molar-refractivity contribution >= 4 is 17.6 Å². The molecule has 2 fully saturated rings. The third-order valence-electron chi connectivity index (χ3n) is 4.00. The molecule has 104 valence electrons. The number of alkyl halides is 1. The number of halogens is 1. The Hall–Kier alpha value is -0.320. The van der Waals surface area contributed by atoms with Gasteiger partial charge in [-0.2, -0.15) is 0 Å². The molecule has 2 aliphatic rings. The predicted molar refractivity (Wildman–Crippen MR) is 67.4 cm³/mol. The van der Waals surface area contributed by atoms with Crippen molar-refractivity contribution in [2.45, 2.75) is 62.8 Å². The van der Waals surface area contributed by atoms with Crippen LogP contribution in [0.25, 0.3) is 0 Å². The Balaban J connectivity index is 2.14. The van der Waals surface area contributed by atoms with Gasteiger partial charge in [-0.1, -0.05) is 0 Å². The number of carbonyl (C=O) groups is 1. The van der Waals surface area contributed by atoms with E-state index < -0.39 is 22.8 Å². The molecule has 0 heterocycles. The van der Waals surface area contributed by atoms with E-state index in [1.54, 1.807) is 6.92 Å². The van der Waals surface area contributed by atoms with E-state index in [4.69, 9.17) is 16.3 Å². The molecule has 4 unspecified atom stereocenters. The van der Waals surface area contributed by atoms with E-state index in [2.05, 4.69) is 0 Å². The van der Waals surface area contributed by atoms with Crippen LogP contribution in [0.15, 0.2) is 0 Å². The zero-order chi connectivity index (χ0) is 13.6. The smallest absolute Gasteiger partial charge is 0.321 e.